The normalized spacial score (nSPS) is 10.7. The van der Waals surface area contributed by atoms with E-state index < -0.39 is 5.91 Å². The van der Waals surface area contributed by atoms with Gasteiger partial charge in [-0.25, -0.2) is 5.43 Å². The monoisotopic (exact) mass is 511 g/mol. The fourth-order valence-electron chi connectivity index (χ4n) is 2.27. The summed E-state index contributed by atoms with van der Waals surface area (Å²) in [6.07, 6.45) is 1.42. The van der Waals surface area contributed by atoms with E-state index in [2.05, 4.69) is 53.4 Å². The molecule has 1 aromatic carbocycles. The molecule has 1 heterocycles. The molecule has 0 bridgehead atoms. The highest BCUT2D eigenvalue weighted by atomic mass is 79.9. The lowest BCUT2D eigenvalue weighted by Crippen LogP contribution is -2.27. The van der Waals surface area contributed by atoms with Crippen LogP contribution in [0.5, 0.6) is 11.6 Å². The average molecular weight is 513 g/mol. The van der Waals surface area contributed by atoms with Crippen LogP contribution in [-0.2, 0) is 16.1 Å². The van der Waals surface area contributed by atoms with Gasteiger partial charge < -0.3 is 14.6 Å². The smallest absolute Gasteiger partial charge is 0.385 e. The number of amides is 1. The van der Waals surface area contributed by atoms with Gasteiger partial charge in [0.05, 0.1) is 21.8 Å². The molecule has 2 rings (SSSR count). The molecule has 0 unspecified atom stereocenters. The number of phenolic OH excluding ortho intramolecular Hbond substituents is 1. The number of carbonyl (C=O) groups excluding carboxylic acids is 1. The van der Waals surface area contributed by atoms with Gasteiger partial charge in [-0.2, -0.15) is 15.3 Å². The summed E-state index contributed by atoms with van der Waals surface area (Å²) >= 11 is 6.43. The number of hydrogen-bond donors (Lipinski definition) is 2. The number of hydrazone groups is 1. The quantitative estimate of drug-likeness (QED) is 0.436. The molecule has 146 valence electrons. The number of pyridine rings is 1. The van der Waals surface area contributed by atoms with Gasteiger partial charge in [0.15, 0.2) is 17.9 Å². The zero-order valence-electron chi connectivity index (χ0n) is 15.0. The maximum Gasteiger partial charge on any atom is 0.385 e. The number of methoxy groups -OCH3 is 1. The molecule has 0 aliphatic rings. The van der Waals surface area contributed by atoms with Gasteiger partial charge in [0, 0.05) is 25.7 Å². The molecule has 8 nitrogen and oxygen atoms in total. The van der Waals surface area contributed by atoms with Gasteiger partial charge in [0.2, 0.25) is 0 Å². The standard InChI is InChI=1S/C18H16Br2N4O4/c1-10-3-12(8-27-2)13(6-21)18(23-10)28-9-16(25)24-22-7-11-4-14(19)17(26)15(20)5-11/h3-5,7,26H,8-9H2,1-2H3,(H,24,25)/p+1/b22-7+. The SMILES string of the molecule is COCc1cc(C)[nH+]c(OCC(=O)N/N=C/c2cc(Br)c(O)c(Br)c2)c1C#N. The van der Waals surface area contributed by atoms with Crippen LogP contribution >= 0.6 is 31.9 Å². The van der Waals surface area contributed by atoms with E-state index in [1.165, 1.54) is 13.3 Å². The van der Waals surface area contributed by atoms with Gasteiger partial charge in [-0.1, -0.05) is 0 Å². The van der Waals surface area contributed by atoms with Crippen molar-refractivity contribution in [1.82, 2.24) is 5.43 Å². The van der Waals surface area contributed by atoms with E-state index in [1.807, 2.05) is 6.92 Å². The molecular weight excluding hydrogens is 496 g/mol. The lowest BCUT2D eigenvalue weighted by molar-refractivity contribution is -0.403. The van der Waals surface area contributed by atoms with Crippen LogP contribution in [0.25, 0.3) is 0 Å². The Morgan fingerprint density at radius 3 is 2.68 bits per heavy atom. The first-order chi connectivity index (χ1) is 13.3. The van der Waals surface area contributed by atoms with Crippen LogP contribution in [-0.4, -0.2) is 30.9 Å². The van der Waals surface area contributed by atoms with Crippen molar-refractivity contribution in [1.29, 1.82) is 5.26 Å². The number of benzene rings is 1. The minimum absolute atomic E-state index is 0.0742. The highest BCUT2D eigenvalue weighted by Crippen LogP contribution is 2.32. The van der Waals surface area contributed by atoms with Crippen LogP contribution in [0.3, 0.4) is 0 Å². The molecule has 28 heavy (non-hydrogen) atoms. The number of nitrogens with one attached hydrogen (secondary N) is 2. The molecule has 1 amide bonds. The highest BCUT2D eigenvalue weighted by Gasteiger charge is 2.19. The van der Waals surface area contributed by atoms with Crippen molar-refractivity contribution in [3.63, 3.8) is 0 Å². The van der Waals surface area contributed by atoms with Crippen LogP contribution in [0.2, 0.25) is 0 Å². The Kier molecular flexibility index (Phi) is 7.92. The Hall–Kier alpha value is -2.48. The third kappa shape index (κ3) is 5.76. The van der Waals surface area contributed by atoms with Crippen molar-refractivity contribution in [2.24, 2.45) is 5.10 Å². The summed E-state index contributed by atoms with van der Waals surface area (Å²) in [5.41, 5.74) is 4.70. The van der Waals surface area contributed by atoms with Crippen LogP contribution in [0.1, 0.15) is 22.4 Å². The molecule has 1 aromatic heterocycles. The van der Waals surface area contributed by atoms with Gasteiger partial charge in [0.1, 0.15) is 11.8 Å². The number of H-pyrrole nitrogens is 1. The number of aryl methyl sites for hydroxylation is 1. The molecule has 0 atom stereocenters. The van der Waals surface area contributed by atoms with Crippen molar-refractivity contribution in [3.8, 4) is 17.7 Å². The van der Waals surface area contributed by atoms with Gasteiger partial charge in [-0.05, 0) is 49.6 Å². The minimum atomic E-state index is -0.500. The first-order valence-electron chi connectivity index (χ1n) is 7.93. The van der Waals surface area contributed by atoms with Crippen molar-refractivity contribution in [2.45, 2.75) is 13.5 Å². The number of nitrogens with zero attached hydrogens (tertiary/aromatic N) is 2. The van der Waals surface area contributed by atoms with E-state index in [0.717, 1.165) is 5.69 Å². The predicted molar refractivity (Wildman–Crippen MR) is 108 cm³/mol. The minimum Gasteiger partial charge on any atom is -0.506 e. The lowest BCUT2D eigenvalue weighted by Gasteiger charge is -2.06. The van der Waals surface area contributed by atoms with E-state index in [4.69, 9.17) is 9.47 Å². The zero-order chi connectivity index (χ0) is 20.7. The van der Waals surface area contributed by atoms with Crippen LogP contribution in [0.4, 0.5) is 0 Å². The van der Waals surface area contributed by atoms with Crippen LogP contribution in [0.15, 0.2) is 32.2 Å². The van der Waals surface area contributed by atoms with E-state index in [0.29, 0.717) is 20.1 Å². The van der Waals surface area contributed by atoms with Gasteiger partial charge in [-0.3, -0.25) is 4.79 Å². The molecule has 10 heteroatoms. The summed E-state index contributed by atoms with van der Waals surface area (Å²) in [7, 11) is 1.53. The van der Waals surface area contributed by atoms with Crippen molar-refractivity contribution < 1.29 is 24.4 Å². The summed E-state index contributed by atoms with van der Waals surface area (Å²) in [5, 5.41) is 22.9. The number of ether oxygens (including phenoxy) is 2. The number of carbonyl (C=O) groups is 1. The third-order valence-corrected chi connectivity index (χ3v) is 4.66. The lowest BCUT2D eigenvalue weighted by atomic mass is 10.1. The number of nitriles is 1. The largest absolute Gasteiger partial charge is 0.506 e. The second-order valence-electron chi connectivity index (χ2n) is 5.64. The Bertz CT molecular complexity index is 934. The number of halogens is 2. The average Bonchev–Trinajstić information content (AvgIpc) is 2.64. The fourth-order valence-corrected chi connectivity index (χ4v) is 3.49. The molecule has 0 spiro atoms. The maximum atomic E-state index is 12.0. The van der Waals surface area contributed by atoms with Crippen LogP contribution < -0.4 is 15.1 Å². The summed E-state index contributed by atoms with van der Waals surface area (Å²) in [4.78, 5) is 14.9. The van der Waals surface area contributed by atoms with Gasteiger partial charge in [0.25, 0.3) is 5.91 Å². The number of rotatable bonds is 7. The number of aromatic nitrogens is 1. The third-order valence-electron chi connectivity index (χ3n) is 3.45. The van der Waals surface area contributed by atoms with Crippen LogP contribution in [0, 0.1) is 18.3 Å². The molecule has 0 saturated carbocycles. The summed E-state index contributed by atoms with van der Waals surface area (Å²) < 4.78 is 11.5. The molecule has 0 radical (unpaired) electrons. The van der Waals surface area contributed by atoms with Crippen molar-refractivity contribution in [2.75, 3.05) is 13.7 Å². The Labute approximate surface area is 178 Å². The molecule has 0 aliphatic carbocycles. The first-order valence-corrected chi connectivity index (χ1v) is 9.51. The number of aromatic hydroxyl groups is 1. The summed E-state index contributed by atoms with van der Waals surface area (Å²) in [6.45, 7) is 1.73. The van der Waals surface area contributed by atoms with Crippen molar-refractivity contribution in [3.05, 3.63) is 49.5 Å². The number of phenols is 1. The van der Waals surface area contributed by atoms with Gasteiger partial charge >= 0.3 is 5.88 Å². The van der Waals surface area contributed by atoms with Gasteiger partial charge in [-0.15, -0.1) is 0 Å². The Balaban J connectivity index is 2.00. The predicted octanol–water partition coefficient (Wildman–Crippen LogP) is 2.59. The molecular formula is C18H17Br2N4O4+. The zero-order valence-corrected chi connectivity index (χ0v) is 18.2. The second kappa shape index (κ2) is 10.2. The summed E-state index contributed by atoms with van der Waals surface area (Å²) in [5.74, 6) is -0.231. The van der Waals surface area contributed by atoms with E-state index in [1.54, 1.807) is 18.2 Å². The molecule has 2 aromatic rings. The molecule has 0 saturated heterocycles. The maximum absolute atomic E-state index is 12.0. The molecule has 3 N–H and O–H groups in total. The molecule has 0 fully saturated rings. The van der Waals surface area contributed by atoms with E-state index in [9.17, 15) is 15.2 Å². The Morgan fingerprint density at radius 2 is 2.07 bits per heavy atom. The topological polar surface area (TPSA) is 118 Å². The number of hydrogen-bond acceptors (Lipinski definition) is 6. The number of aromatic amines is 1. The van der Waals surface area contributed by atoms with E-state index in [-0.39, 0.29) is 30.4 Å². The fraction of sp³-hybridized carbons (Fsp3) is 0.222. The van der Waals surface area contributed by atoms with Crippen molar-refractivity contribution >= 4 is 44.0 Å². The Morgan fingerprint density at radius 1 is 1.39 bits per heavy atom. The first kappa shape index (κ1) is 21.8. The van der Waals surface area contributed by atoms with E-state index >= 15 is 0 Å². The highest BCUT2D eigenvalue weighted by molar-refractivity contribution is 9.11. The summed E-state index contributed by atoms with van der Waals surface area (Å²) in [6, 6.07) is 7.12. The molecule has 0 aliphatic heterocycles. The second-order valence-corrected chi connectivity index (χ2v) is 7.35.